The van der Waals surface area contributed by atoms with Gasteiger partial charge in [-0.3, -0.25) is 48.4 Å². The molecule has 262 valence electrons. The Kier molecular flexibility index (Phi) is 19.7. The van der Waals surface area contributed by atoms with Crippen molar-refractivity contribution in [2.45, 2.75) is 20.0 Å². The summed E-state index contributed by atoms with van der Waals surface area (Å²) in [5.74, 6) is -5.54. The second-order valence-corrected chi connectivity index (χ2v) is 10.4. The van der Waals surface area contributed by atoms with Crippen LogP contribution in [0.3, 0.4) is 0 Å². The van der Waals surface area contributed by atoms with Crippen LogP contribution < -0.4 is 5.32 Å². The Hall–Kier alpha value is -3.91. The molecule has 0 saturated carbocycles. The van der Waals surface area contributed by atoms with Crippen LogP contribution in [0.2, 0.25) is 0 Å². The smallest absolute Gasteiger partial charge is 0.332 e. The second-order valence-electron chi connectivity index (χ2n) is 10.4. The van der Waals surface area contributed by atoms with E-state index in [4.69, 9.17) is 18.9 Å². The minimum Gasteiger partial charge on any atom is -0.480 e. The van der Waals surface area contributed by atoms with E-state index in [0.717, 1.165) is 6.92 Å². The average Bonchev–Trinajstić information content (AvgIpc) is 2.94. The molecule has 19 nitrogen and oxygen atoms in total. The lowest BCUT2D eigenvalue weighted by Gasteiger charge is -2.32. The first-order valence-corrected chi connectivity index (χ1v) is 14.6. The van der Waals surface area contributed by atoms with Gasteiger partial charge in [-0.1, -0.05) is 0 Å². The topological polar surface area (TPSA) is 242 Å². The molecule has 1 aliphatic heterocycles. The van der Waals surface area contributed by atoms with Crippen molar-refractivity contribution < 1.29 is 67.8 Å². The lowest BCUT2D eigenvalue weighted by molar-refractivity contribution is -0.166. The second kappa shape index (κ2) is 22.6. The number of carbonyl (C=O) groups is 7. The molecule has 0 bridgehead atoms. The van der Waals surface area contributed by atoms with Crippen molar-refractivity contribution in [3.63, 3.8) is 0 Å². The number of carbonyl (C=O) groups excluding carboxylic acids is 4. The molecule has 1 fully saturated rings. The molecule has 4 N–H and O–H groups in total. The van der Waals surface area contributed by atoms with Crippen molar-refractivity contribution in [1.29, 1.82) is 0 Å². The highest BCUT2D eigenvalue weighted by molar-refractivity contribution is 5.78. The first kappa shape index (κ1) is 40.1. The average molecular weight is 664 g/mol. The number of esters is 3. The maximum absolute atomic E-state index is 12.7. The molecule has 1 amide bonds. The van der Waals surface area contributed by atoms with Crippen molar-refractivity contribution in [1.82, 2.24) is 24.9 Å². The van der Waals surface area contributed by atoms with Crippen LogP contribution in [-0.2, 0) is 52.5 Å². The summed E-state index contributed by atoms with van der Waals surface area (Å²) in [7, 11) is 0. The Morgan fingerprint density at radius 2 is 1.04 bits per heavy atom. The van der Waals surface area contributed by atoms with Crippen LogP contribution in [0.4, 0.5) is 0 Å². The van der Waals surface area contributed by atoms with Gasteiger partial charge >= 0.3 is 35.8 Å². The summed E-state index contributed by atoms with van der Waals surface area (Å²) >= 11 is 0. The van der Waals surface area contributed by atoms with Gasteiger partial charge in [0.05, 0.1) is 32.8 Å². The Morgan fingerprint density at radius 1 is 0.630 bits per heavy atom. The fraction of sp³-hybridized carbons (Fsp3) is 0.741. The lowest BCUT2D eigenvalue weighted by Crippen LogP contribution is -2.50. The van der Waals surface area contributed by atoms with Crippen molar-refractivity contribution in [2.75, 3.05) is 112 Å². The van der Waals surface area contributed by atoms with E-state index >= 15 is 0 Å². The van der Waals surface area contributed by atoms with Crippen molar-refractivity contribution in [3.8, 4) is 0 Å². The number of carboxylic acids is 3. The van der Waals surface area contributed by atoms with Gasteiger partial charge in [0.2, 0.25) is 5.91 Å². The van der Waals surface area contributed by atoms with E-state index < -0.39 is 48.5 Å². The van der Waals surface area contributed by atoms with E-state index in [9.17, 15) is 48.9 Å². The molecule has 19 heteroatoms. The van der Waals surface area contributed by atoms with Crippen molar-refractivity contribution >= 4 is 41.7 Å². The molecule has 0 aromatic carbocycles. The first-order chi connectivity index (χ1) is 21.7. The molecule has 0 aromatic heterocycles. The van der Waals surface area contributed by atoms with Crippen molar-refractivity contribution in [2.24, 2.45) is 0 Å². The highest BCUT2D eigenvalue weighted by Crippen LogP contribution is 2.02. The van der Waals surface area contributed by atoms with Gasteiger partial charge in [-0.25, -0.2) is 4.79 Å². The number of carboxylic acid groups (broad SMARTS) is 3. The van der Waals surface area contributed by atoms with Crippen LogP contribution in [0, 0.1) is 0 Å². The number of amides is 1. The Labute approximate surface area is 266 Å². The van der Waals surface area contributed by atoms with E-state index in [0.29, 0.717) is 0 Å². The minimum atomic E-state index is -1.05. The van der Waals surface area contributed by atoms with Crippen LogP contribution in [0.15, 0.2) is 0 Å². The summed E-state index contributed by atoms with van der Waals surface area (Å²) in [5, 5.41) is 30.6. The van der Waals surface area contributed by atoms with Crippen molar-refractivity contribution in [3.05, 3.63) is 0 Å². The molecule has 0 radical (unpaired) electrons. The number of aliphatic carboxylic acids is 3. The fourth-order valence-electron chi connectivity index (χ4n) is 4.25. The van der Waals surface area contributed by atoms with Gasteiger partial charge in [0, 0.05) is 72.8 Å². The molecule has 1 heterocycles. The van der Waals surface area contributed by atoms with E-state index in [1.165, 1.54) is 6.92 Å². The SMILES string of the molecule is CC(=O)OCC(COC(=O)COCCNC(=O)CN1CCN(CC(=O)O)CCN(CC(=O)O)CCN(CC(=O)O)CC1)OC(C)=O. The summed E-state index contributed by atoms with van der Waals surface area (Å²) in [6, 6.07) is 0. The summed E-state index contributed by atoms with van der Waals surface area (Å²) in [4.78, 5) is 87.6. The molecule has 1 rings (SSSR count). The van der Waals surface area contributed by atoms with E-state index in [1.54, 1.807) is 19.6 Å². The third kappa shape index (κ3) is 20.9. The van der Waals surface area contributed by atoms with Crippen LogP contribution in [-0.4, -0.2) is 194 Å². The van der Waals surface area contributed by atoms with Gasteiger partial charge in [0.1, 0.15) is 19.8 Å². The van der Waals surface area contributed by atoms with Gasteiger partial charge in [-0.05, 0) is 0 Å². The van der Waals surface area contributed by atoms with Crippen LogP contribution in [0.25, 0.3) is 0 Å². The Bertz CT molecular complexity index is 997. The molecule has 1 aliphatic rings. The van der Waals surface area contributed by atoms with Gasteiger partial charge in [-0.15, -0.1) is 0 Å². The molecule has 46 heavy (non-hydrogen) atoms. The minimum absolute atomic E-state index is 0.0344. The summed E-state index contributed by atoms with van der Waals surface area (Å²) in [5.41, 5.74) is 0. The Balaban J connectivity index is 2.62. The monoisotopic (exact) mass is 663 g/mol. The zero-order valence-electron chi connectivity index (χ0n) is 26.2. The fourth-order valence-corrected chi connectivity index (χ4v) is 4.25. The first-order valence-electron chi connectivity index (χ1n) is 14.6. The summed E-state index contributed by atoms with van der Waals surface area (Å²) in [6.45, 7) is 2.51. The van der Waals surface area contributed by atoms with Crippen LogP contribution in [0.1, 0.15) is 13.8 Å². The number of ether oxygens (including phenoxy) is 4. The van der Waals surface area contributed by atoms with Crippen LogP contribution in [0.5, 0.6) is 0 Å². The van der Waals surface area contributed by atoms with Gasteiger partial charge in [-0.2, -0.15) is 0 Å². The summed E-state index contributed by atoms with van der Waals surface area (Å²) in [6.07, 6.45) is -0.977. The summed E-state index contributed by atoms with van der Waals surface area (Å²) < 4.78 is 19.9. The molecule has 1 saturated heterocycles. The maximum atomic E-state index is 12.7. The highest BCUT2D eigenvalue weighted by atomic mass is 16.6. The van der Waals surface area contributed by atoms with Gasteiger partial charge in [0.25, 0.3) is 0 Å². The molecular formula is C27H45N5O14. The Morgan fingerprint density at radius 3 is 1.43 bits per heavy atom. The highest BCUT2D eigenvalue weighted by Gasteiger charge is 2.21. The number of nitrogens with zero attached hydrogens (tertiary/aromatic N) is 4. The maximum Gasteiger partial charge on any atom is 0.332 e. The van der Waals surface area contributed by atoms with Gasteiger partial charge < -0.3 is 39.6 Å². The largest absolute Gasteiger partial charge is 0.480 e. The molecule has 0 aliphatic carbocycles. The predicted octanol–water partition coefficient (Wildman–Crippen LogP) is -3.37. The zero-order chi connectivity index (χ0) is 34.5. The molecular weight excluding hydrogens is 618 g/mol. The number of rotatable bonds is 18. The molecule has 0 spiro atoms. The standard InChI is InChI=1S/C27H45N5O14/c1-20(33)44-17-22(46-21(2)34)18-45-27(42)19-43-12-3-28-23(35)13-29-4-6-30(14-24(36)37)8-10-32(16-26(40)41)11-9-31(7-5-29)15-25(38)39/h22H,3-19H2,1-2H3,(H,28,35)(H,36,37)(H,38,39)(H,40,41). The molecule has 0 aromatic rings. The molecule has 1 atom stereocenters. The third-order valence-electron chi connectivity index (χ3n) is 6.40. The molecule has 1 unspecified atom stereocenters. The van der Waals surface area contributed by atoms with Crippen LogP contribution >= 0.6 is 0 Å². The van der Waals surface area contributed by atoms with E-state index in [2.05, 4.69) is 5.32 Å². The third-order valence-corrected chi connectivity index (χ3v) is 6.40. The lowest BCUT2D eigenvalue weighted by atomic mass is 10.3. The zero-order valence-corrected chi connectivity index (χ0v) is 26.2. The number of hydrogen-bond acceptors (Lipinski definition) is 15. The quantitative estimate of drug-likeness (QED) is 0.0635. The number of nitrogens with one attached hydrogen (secondary N) is 1. The van der Waals surface area contributed by atoms with Gasteiger partial charge in [0.15, 0.2) is 6.10 Å². The van der Waals surface area contributed by atoms with E-state index in [1.807, 2.05) is 0 Å². The predicted molar refractivity (Wildman–Crippen MR) is 156 cm³/mol. The van der Waals surface area contributed by atoms with E-state index in [-0.39, 0.29) is 111 Å². The normalized spacial score (nSPS) is 16.7. The number of hydrogen-bond donors (Lipinski definition) is 4.